The molecule has 2 aliphatic rings. The van der Waals surface area contributed by atoms with Gasteiger partial charge in [0.25, 0.3) is 11.8 Å². The summed E-state index contributed by atoms with van der Waals surface area (Å²) in [6.07, 6.45) is 3.67. The van der Waals surface area contributed by atoms with Gasteiger partial charge >= 0.3 is 0 Å². The summed E-state index contributed by atoms with van der Waals surface area (Å²) < 4.78 is 5.49. The fourth-order valence-corrected chi connectivity index (χ4v) is 3.38. The molecule has 1 saturated heterocycles. The van der Waals surface area contributed by atoms with Gasteiger partial charge in [0.05, 0.1) is 17.4 Å². The Bertz CT molecular complexity index is 773. The summed E-state index contributed by atoms with van der Waals surface area (Å²) in [6.45, 7) is 3.69. The van der Waals surface area contributed by atoms with Gasteiger partial charge in [-0.3, -0.25) is 9.59 Å². The molecule has 0 radical (unpaired) electrons. The highest BCUT2D eigenvalue weighted by molar-refractivity contribution is 6.37. The van der Waals surface area contributed by atoms with Gasteiger partial charge in [-0.05, 0) is 25.3 Å². The number of ether oxygens (including phenoxy) is 1. The first-order valence-corrected chi connectivity index (χ1v) is 9.12. The Morgan fingerprint density at radius 3 is 2.92 bits per heavy atom. The summed E-state index contributed by atoms with van der Waals surface area (Å²) in [6, 6.07) is 9.27. The maximum atomic E-state index is 12.9. The molecule has 1 fully saturated rings. The second kappa shape index (κ2) is 8.15. The van der Waals surface area contributed by atoms with Crippen LogP contribution in [0.25, 0.3) is 5.57 Å². The summed E-state index contributed by atoms with van der Waals surface area (Å²) in [4.78, 5) is 27.2. The van der Waals surface area contributed by atoms with Gasteiger partial charge in [-0.1, -0.05) is 31.5 Å². The van der Waals surface area contributed by atoms with Crippen molar-refractivity contribution in [3.8, 4) is 6.07 Å². The van der Waals surface area contributed by atoms with Crippen LogP contribution >= 0.6 is 0 Å². The lowest BCUT2D eigenvalue weighted by atomic mass is 10.0. The Morgan fingerprint density at radius 1 is 1.42 bits per heavy atom. The van der Waals surface area contributed by atoms with Crippen molar-refractivity contribution in [1.82, 2.24) is 5.32 Å². The van der Waals surface area contributed by atoms with Crippen LogP contribution in [0, 0.1) is 11.3 Å². The SMILES string of the molecule is CCCCN1C(=O)C(=C(C#N)C(=O)NCC2CCCO2)c2ccccc21. The molecule has 6 heteroatoms. The van der Waals surface area contributed by atoms with Crippen LogP contribution in [0.3, 0.4) is 0 Å². The van der Waals surface area contributed by atoms with E-state index in [-0.39, 0.29) is 23.2 Å². The number of benzene rings is 1. The molecule has 1 atom stereocenters. The predicted octanol–water partition coefficient (Wildman–Crippen LogP) is 2.41. The van der Waals surface area contributed by atoms with Crippen LogP contribution in [0.2, 0.25) is 0 Å². The fraction of sp³-hybridized carbons (Fsp3) is 0.450. The topological polar surface area (TPSA) is 82.4 Å². The number of carbonyl (C=O) groups is 2. The molecule has 26 heavy (non-hydrogen) atoms. The van der Waals surface area contributed by atoms with Crippen LogP contribution < -0.4 is 10.2 Å². The van der Waals surface area contributed by atoms with Crippen molar-refractivity contribution in [2.75, 3.05) is 24.6 Å². The van der Waals surface area contributed by atoms with Crippen LogP contribution in [-0.4, -0.2) is 37.6 Å². The average molecular weight is 353 g/mol. The van der Waals surface area contributed by atoms with Crippen LogP contribution in [-0.2, 0) is 14.3 Å². The number of rotatable bonds is 6. The molecule has 0 spiro atoms. The van der Waals surface area contributed by atoms with Crippen LogP contribution in [0.4, 0.5) is 5.69 Å². The molecule has 3 rings (SSSR count). The van der Waals surface area contributed by atoms with Gasteiger partial charge in [-0.15, -0.1) is 0 Å². The lowest BCUT2D eigenvalue weighted by Gasteiger charge is -2.16. The van der Waals surface area contributed by atoms with E-state index in [0.29, 0.717) is 25.3 Å². The van der Waals surface area contributed by atoms with Crippen LogP contribution in [0.1, 0.15) is 38.2 Å². The summed E-state index contributed by atoms with van der Waals surface area (Å²) >= 11 is 0. The molecule has 2 aliphatic heterocycles. The second-order valence-corrected chi connectivity index (χ2v) is 6.53. The molecule has 1 aromatic rings. The quantitative estimate of drug-likeness (QED) is 0.629. The van der Waals surface area contributed by atoms with Crippen LogP contribution in [0.5, 0.6) is 0 Å². The lowest BCUT2D eigenvalue weighted by molar-refractivity contribution is -0.118. The van der Waals surface area contributed by atoms with E-state index < -0.39 is 5.91 Å². The number of nitrogens with one attached hydrogen (secondary N) is 1. The summed E-state index contributed by atoms with van der Waals surface area (Å²) in [7, 11) is 0. The Balaban J connectivity index is 1.89. The van der Waals surface area contributed by atoms with E-state index in [0.717, 1.165) is 31.4 Å². The Kier molecular flexibility index (Phi) is 5.69. The molecule has 0 aliphatic carbocycles. The van der Waals surface area contributed by atoms with E-state index in [1.165, 1.54) is 0 Å². The number of amides is 2. The first-order chi connectivity index (χ1) is 12.7. The third kappa shape index (κ3) is 3.49. The number of nitrogens with zero attached hydrogens (tertiary/aromatic N) is 2. The number of hydrogen-bond acceptors (Lipinski definition) is 4. The number of para-hydroxylation sites is 1. The van der Waals surface area contributed by atoms with Gasteiger partial charge in [-0.2, -0.15) is 5.26 Å². The average Bonchev–Trinajstić information content (AvgIpc) is 3.26. The third-order valence-electron chi connectivity index (χ3n) is 4.76. The zero-order valence-corrected chi connectivity index (χ0v) is 15.0. The number of unbranched alkanes of at least 4 members (excludes halogenated alkanes) is 1. The Hall–Kier alpha value is -2.65. The number of carbonyl (C=O) groups excluding carboxylic acids is 2. The third-order valence-corrected chi connectivity index (χ3v) is 4.76. The van der Waals surface area contributed by atoms with E-state index >= 15 is 0 Å². The van der Waals surface area contributed by atoms with Gasteiger partial charge in [0.15, 0.2) is 0 Å². The van der Waals surface area contributed by atoms with Crippen LogP contribution in [0.15, 0.2) is 29.8 Å². The molecule has 0 saturated carbocycles. The maximum Gasteiger partial charge on any atom is 0.262 e. The number of fused-ring (bicyclic) bond motifs is 1. The molecule has 2 heterocycles. The fourth-order valence-electron chi connectivity index (χ4n) is 3.38. The maximum absolute atomic E-state index is 12.9. The molecule has 1 aromatic carbocycles. The minimum absolute atomic E-state index is 0.0171. The van der Waals surface area contributed by atoms with Crippen molar-refractivity contribution >= 4 is 23.1 Å². The molecule has 1 unspecified atom stereocenters. The predicted molar refractivity (Wildman–Crippen MR) is 98.2 cm³/mol. The van der Waals surface area contributed by atoms with Crippen molar-refractivity contribution in [3.05, 3.63) is 35.4 Å². The van der Waals surface area contributed by atoms with E-state index in [2.05, 4.69) is 12.2 Å². The minimum atomic E-state index is -0.515. The monoisotopic (exact) mass is 353 g/mol. The van der Waals surface area contributed by atoms with E-state index in [1.807, 2.05) is 24.3 Å². The van der Waals surface area contributed by atoms with Gasteiger partial charge in [0.2, 0.25) is 0 Å². The van der Waals surface area contributed by atoms with Gasteiger partial charge in [-0.25, -0.2) is 0 Å². The molecular weight excluding hydrogens is 330 g/mol. The molecular formula is C20H23N3O3. The number of hydrogen-bond donors (Lipinski definition) is 1. The summed E-state index contributed by atoms with van der Waals surface area (Å²) in [5.41, 5.74) is 1.49. The first-order valence-electron chi connectivity index (χ1n) is 9.12. The smallest absolute Gasteiger partial charge is 0.262 e. The normalized spacial score (nSPS) is 20.7. The van der Waals surface area contributed by atoms with Crippen molar-refractivity contribution in [1.29, 1.82) is 5.26 Å². The number of anilines is 1. The number of nitriles is 1. The summed E-state index contributed by atoms with van der Waals surface area (Å²) in [5.74, 6) is -0.790. The highest BCUT2D eigenvalue weighted by atomic mass is 16.5. The molecule has 1 N–H and O–H groups in total. The highest BCUT2D eigenvalue weighted by Gasteiger charge is 2.36. The minimum Gasteiger partial charge on any atom is -0.376 e. The Labute approximate surface area is 153 Å². The van der Waals surface area contributed by atoms with Crippen molar-refractivity contribution in [2.24, 2.45) is 0 Å². The van der Waals surface area contributed by atoms with Crippen molar-refractivity contribution in [3.63, 3.8) is 0 Å². The zero-order chi connectivity index (χ0) is 18.5. The summed E-state index contributed by atoms with van der Waals surface area (Å²) in [5, 5.41) is 12.3. The van der Waals surface area contributed by atoms with Crippen molar-refractivity contribution in [2.45, 2.75) is 38.7 Å². The molecule has 136 valence electrons. The van der Waals surface area contributed by atoms with Crippen molar-refractivity contribution < 1.29 is 14.3 Å². The largest absolute Gasteiger partial charge is 0.376 e. The lowest BCUT2D eigenvalue weighted by Crippen LogP contribution is -2.34. The van der Waals surface area contributed by atoms with E-state index in [9.17, 15) is 14.9 Å². The molecule has 0 aromatic heterocycles. The molecule has 0 bridgehead atoms. The van der Waals surface area contributed by atoms with E-state index in [4.69, 9.17) is 4.74 Å². The Morgan fingerprint density at radius 2 is 2.23 bits per heavy atom. The molecule has 6 nitrogen and oxygen atoms in total. The van der Waals surface area contributed by atoms with Gasteiger partial charge < -0.3 is 15.0 Å². The zero-order valence-electron chi connectivity index (χ0n) is 15.0. The second-order valence-electron chi connectivity index (χ2n) is 6.53. The standard InChI is InChI=1S/C20H23N3O3/c1-2-3-10-23-17-9-5-4-8-15(17)18(20(23)25)16(12-21)19(24)22-13-14-7-6-11-26-14/h4-5,8-9,14H,2-3,6-7,10-11,13H2,1H3,(H,22,24). The highest BCUT2D eigenvalue weighted by Crippen LogP contribution is 2.38. The first kappa shape index (κ1) is 18.2. The van der Waals surface area contributed by atoms with E-state index in [1.54, 1.807) is 11.0 Å². The van der Waals surface area contributed by atoms with Gasteiger partial charge in [0.1, 0.15) is 11.6 Å². The molecule has 2 amide bonds. The van der Waals surface area contributed by atoms with Gasteiger partial charge in [0, 0.05) is 25.3 Å².